The van der Waals surface area contributed by atoms with Gasteiger partial charge >= 0.3 is 0 Å². The molecule has 5 nitrogen and oxygen atoms in total. The lowest BCUT2D eigenvalue weighted by molar-refractivity contribution is -0.572. The van der Waals surface area contributed by atoms with Gasteiger partial charge in [0.15, 0.2) is 0 Å². The lowest BCUT2D eigenvalue weighted by Crippen LogP contribution is -2.29. The largest absolute Gasteiger partial charge is 0.458 e. The van der Waals surface area contributed by atoms with Crippen molar-refractivity contribution in [1.82, 2.24) is 14.1 Å². The van der Waals surface area contributed by atoms with Gasteiger partial charge in [-0.25, -0.2) is 4.98 Å². The summed E-state index contributed by atoms with van der Waals surface area (Å²) in [5, 5.41) is 2.32. The second-order valence-corrected chi connectivity index (χ2v) is 19.0. The molecule has 0 bridgehead atoms. The first-order chi connectivity index (χ1) is 33.8. The van der Waals surface area contributed by atoms with Gasteiger partial charge in [-0.05, 0) is 133 Å². The lowest BCUT2D eigenvalue weighted by atomic mass is 9.81. The van der Waals surface area contributed by atoms with Crippen LogP contribution in [0.5, 0.6) is 11.5 Å². The van der Waals surface area contributed by atoms with Gasteiger partial charge < -0.3 is 4.74 Å². The van der Waals surface area contributed by atoms with Crippen LogP contribution in [-0.4, -0.2) is 14.1 Å². The molecule has 0 atom stereocenters. The fourth-order valence-corrected chi connectivity index (χ4v) is 10.4. The smallest absolute Gasteiger partial charge is 0.269 e. The van der Waals surface area contributed by atoms with Crippen molar-refractivity contribution >= 4 is 32.8 Å². The van der Waals surface area contributed by atoms with Crippen LogP contribution in [0.1, 0.15) is 26.3 Å². The van der Waals surface area contributed by atoms with E-state index in [1.54, 1.807) is 0 Å². The Hall–Kier alpha value is -8.80. The van der Waals surface area contributed by atoms with E-state index < -0.39 is 0 Å². The Morgan fingerprint density at radius 3 is 1.78 bits per heavy atom. The van der Waals surface area contributed by atoms with Gasteiger partial charge in [0.05, 0.1) is 33.4 Å². The van der Waals surface area contributed by atoms with Crippen LogP contribution in [-0.2, 0) is 5.41 Å². The van der Waals surface area contributed by atoms with Crippen LogP contribution < -0.4 is 9.30 Å². The van der Waals surface area contributed by atoms with Crippen LogP contribution in [0.15, 0.2) is 225 Å². The molecule has 3 aromatic heterocycles. The van der Waals surface area contributed by atoms with Crippen molar-refractivity contribution in [3.8, 4) is 84.3 Å². The average molecular weight is 887 g/mol. The Balaban J connectivity index is 0.944. The third-order valence-corrected chi connectivity index (χ3v) is 13.8. The molecule has 0 amide bonds. The maximum atomic E-state index is 6.80. The maximum Gasteiger partial charge on any atom is 0.269 e. The summed E-state index contributed by atoms with van der Waals surface area (Å²) < 4.78 is 13.4. The Morgan fingerprint density at radius 2 is 1.07 bits per heavy atom. The van der Waals surface area contributed by atoms with Gasteiger partial charge in [-0.15, -0.1) is 0 Å². The molecule has 0 saturated carbocycles. The molecular weight excluding hydrogens is 841 g/mol. The first-order valence-corrected chi connectivity index (χ1v) is 23.6. The molecule has 0 unspecified atom stereocenters. The first-order valence-electron chi connectivity index (χ1n) is 23.6. The molecule has 0 saturated heterocycles. The van der Waals surface area contributed by atoms with Crippen molar-refractivity contribution in [1.29, 1.82) is 0 Å². The van der Waals surface area contributed by atoms with E-state index in [0.29, 0.717) is 0 Å². The number of ether oxygens (including phenoxy) is 1. The Kier molecular flexibility index (Phi) is 9.34. The third kappa shape index (κ3) is 6.85. The number of fused-ring (bicyclic) bond motifs is 12. The molecule has 12 aromatic rings. The standard InChI is InChI=1S/C64H46N4O/c1-64(2,3)44-34-35-65-63(37-44)68-59-27-14-13-26-56(59)57-32-30-48(40-61(57)68)69-47-19-15-18-45(38-47)66-41-67(62-36-43(28-33-60(62)66)42-16-5-4-6-17-42)46-29-31-55-53-24-10-9-22-51(53)49-20-7-8-21-50(49)52-23-11-12-25-54(52)58(55)39-46/h4-40H,1-3H3. The topological polar surface area (TPSA) is 35.9 Å². The molecule has 0 N–H and O–H groups in total. The van der Waals surface area contributed by atoms with Crippen molar-refractivity contribution < 1.29 is 9.30 Å². The van der Waals surface area contributed by atoms with E-state index in [1.807, 2.05) is 12.3 Å². The van der Waals surface area contributed by atoms with Crippen LogP contribution in [0.4, 0.5) is 0 Å². The third-order valence-electron chi connectivity index (χ3n) is 13.8. The normalized spacial score (nSPS) is 12.0. The number of rotatable bonds is 6. The van der Waals surface area contributed by atoms with E-state index in [0.717, 1.165) is 67.3 Å². The summed E-state index contributed by atoms with van der Waals surface area (Å²) in [6, 6.07) is 78.1. The number of aromatic nitrogens is 4. The monoisotopic (exact) mass is 886 g/mol. The van der Waals surface area contributed by atoms with Gasteiger partial charge in [0, 0.05) is 23.0 Å². The van der Waals surface area contributed by atoms with Crippen LogP contribution in [0.3, 0.4) is 0 Å². The number of pyridine rings is 1. The van der Waals surface area contributed by atoms with E-state index in [1.165, 1.54) is 55.5 Å². The Bertz CT molecular complexity index is 3980. The van der Waals surface area contributed by atoms with E-state index in [4.69, 9.17) is 9.72 Å². The molecule has 69 heavy (non-hydrogen) atoms. The molecule has 1 aliphatic rings. The highest BCUT2D eigenvalue weighted by Gasteiger charge is 2.24. The highest BCUT2D eigenvalue weighted by atomic mass is 16.5. The Morgan fingerprint density at radius 1 is 0.449 bits per heavy atom. The molecule has 1 aliphatic carbocycles. The van der Waals surface area contributed by atoms with Gasteiger partial charge in [0.25, 0.3) is 6.33 Å². The van der Waals surface area contributed by atoms with Gasteiger partial charge in [-0.3, -0.25) is 13.7 Å². The number of hydrogen-bond acceptors (Lipinski definition) is 2. The number of para-hydroxylation sites is 1. The summed E-state index contributed by atoms with van der Waals surface area (Å²) in [7, 11) is 0. The summed E-state index contributed by atoms with van der Waals surface area (Å²) in [5.41, 5.74) is 19.4. The number of benzene rings is 9. The quantitative estimate of drug-likeness (QED) is 0.123. The highest BCUT2D eigenvalue weighted by Crippen LogP contribution is 2.48. The van der Waals surface area contributed by atoms with E-state index >= 15 is 0 Å². The zero-order valence-corrected chi connectivity index (χ0v) is 38.6. The molecule has 13 rings (SSSR count). The predicted octanol–water partition coefficient (Wildman–Crippen LogP) is 15.9. The molecule has 328 valence electrons. The van der Waals surface area contributed by atoms with E-state index in [-0.39, 0.29) is 5.41 Å². The SMILES string of the molecule is CC(C)(C)c1ccnc(-n2c3ccccc3c3ccc(Oc4cccc(-n5[c-][n+](-c6ccc7c(c6)-c6ccccc6-c6ccccc6-c6ccccc6-7)c6cc(-c7ccccc7)ccc65)c4)cc32)c1. The molecule has 5 heteroatoms. The second-order valence-electron chi connectivity index (χ2n) is 19.0. The van der Waals surface area contributed by atoms with Gasteiger partial charge in [-0.1, -0.05) is 166 Å². The minimum atomic E-state index is -0.0200. The van der Waals surface area contributed by atoms with Crippen LogP contribution in [0, 0.1) is 6.33 Å². The summed E-state index contributed by atoms with van der Waals surface area (Å²) >= 11 is 0. The first kappa shape index (κ1) is 40.5. The van der Waals surface area contributed by atoms with Crippen LogP contribution in [0.2, 0.25) is 0 Å². The molecule has 0 fully saturated rings. The molecule has 3 heterocycles. The van der Waals surface area contributed by atoms with Gasteiger partial charge in [0.1, 0.15) is 17.3 Å². The lowest BCUT2D eigenvalue weighted by Gasteiger charge is -2.23. The predicted molar refractivity (Wildman–Crippen MR) is 282 cm³/mol. The summed E-state index contributed by atoms with van der Waals surface area (Å²) in [6.07, 6.45) is 5.75. The zero-order valence-electron chi connectivity index (χ0n) is 38.6. The van der Waals surface area contributed by atoms with Crippen LogP contribution in [0.25, 0.3) is 106 Å². The summed E-state index contributed by atoms with van der Waals surface area (Å²) in [6.45, 7) is 6.71. The molecule has 0 spiro atoms. The van der Waals surface area contributed by atoms with Gasteiger partial charge in [-0.2, -0.15) is 0 Å². The van der Waals surface area contributed by atoms with Crippen molar-refractivity contribution in [2.45, 2.75) is 26.2 Å². The van der Waals surface area contributed by atoms with Gasteiger partial charge in [0.2, 0.25) is 0 Å². The second kappa shape index (κ2) is 15.9. The van der Waals surface area contributed by atoms with E-state index in [9.17, 15) is 0 Å². The summed E-state index contributed by atoms with van der Waals surface area (Å²) in [4.78, 5) is 4.90. The average Bonchev–Trinajstić information content (AvgIpc) is 3.94. The van der Waals surface area contributed by atoms with Crippen molar-refractivity contribution in [3.63, 3.8) is 0 Å². The van der Waals surface area contributed by atoms with Crippen molar-refractivity contribution in [2.75, 3.05) is 0 Å². The molecule has 0 radical (unpaired) electrons. The van der Waals surface area contributed by atoms with Crippen molar-refractivity contribution in [2.24, 2.45) is 0 Å². The fraction of sp³-hybridized carbons (Fsp3) is 0.0625. The molecule has 9 aromatic carbocycles. The highest BCUT2D eigenvalue weighted by molar-refractivity contribution is 6.09. The van der Waals surface area contributed by atoms with E-state index in [2.05, 4.69) is 253 Å². The minimum absolute atomic E-state index is 0.0200. The fourth-order valence-electron chi connectivity index (χ4n) is 10.4. The maximum absolute atomic E-state index is 6.80. The molecule has 0 aliphatic heterocycles. The number of imidazole rings is 1. The molecular formula is C64H46N4O. The number of nitrogens with zero attached hydrogens (tertiary/aromatic N) is 4. The number of hydrogen-bond donors (Lipinski definition) is 0. The minimum Gasteiger partial charge on any atom is -0.458 e. The summed E-state index contributed by atoms with van der Waals surface area (Å²) in [5.74, 6) is 2.35. The zero-order chi connectivity index (χ0) is 46.2. The van der Waals surface area contributed by atoms with Crippen LogP contribution >= 0.6 is 0 Å². The van der Waals surface area contributed by atoms with Crippen molar-refractivity contribution in [3.05, 3.63) is 236 Å². The Labute approximate surface area is 401 Å².